The Labute approximate surface area is 110 Å². The van der Waals surface area contributed by atoms with Crippen molar-refractivity contribution in [3.63, 3.8) is 0 Å². The quantitative estimate of drug-likeness (QED) is 0.917. The van der Waals surface area contributed by atoms with Gasteiger partial charge in [0.25, 0.3) is 0 Å². The van der Waals surface area contributed by atoms with Crippen LogP contribution in [0.2, 0.25) is 0 Å². The molecule has 0 saturated carbocycles. The predicted octanol–water partition coefficient (Wildman–Crippen LogP) is 2.81. The van der Waals surface area contributed by atoms with Gasteiger partial charge in [-0.2, -0.15) is 0 Å². The van der Waals surface area contributed by atoms with Gasteiger partial charge in [0.1, 0.15) is 18.2 Å². The Balaban J connectivity index is 2.10. The topological polar surface area (TPSA) is 52.3 Å². The van der Waals surface area contributed by atoms with Gasteiger partial charge in [-0.1, -0.05) is 18.2 Å². The van der Waals surface area contributed by atoms with Crippen molar-refractivity contribution in [3.05, 3.63) is 65.0 Å². The summed E-state index contributed by atoms with van der Waals surface area (Å²) in [5.74, 6) is -0.465. The summed E-state index contributed by atoms with van der Waals surface area (Å²) in [7, 11) is 0. The van der Waals surface area contributed by atoms with E-state index in [0.29, 0.717) is 11.3 Å². The molecule has 2 aromatic carbocycles. The third-order valence-electron chi connectivity index (χ3n) is 2.72. The van der Waals surface area contributed by atoms with Crippen LogP contribution >= 0.6 is 0 Å². The lowest BCUT2D eigenvalue weighted by Gasteiger charge is -2.08. The number of benzene rings is 2. The Morgan fingerprint density at radius 2 is 2.05 bits per heavy atom. The number of nitrogens with two attached hydrogens (primary N) is 1. The van der Waals surface area contributed by atoms with Crippen molar-refractivity contribution >= 4 is 5.91 Å². The molecule has 0 heterocycles. The van der Waals surface area contributed by atoms with Crippen molar-refractivity contribution in [3.8, 4) is 5.75 Å². The van der Waals surface area contributed by atoms with Crippen LogP contribution in [0.3, 0.4) is 0 Å². The number of rotatable bonds is 4. The summed E-state index contributed by atoms with van der Waals surface area (Å²) in [4.78, 5) is 10.9. The number of primary amides is 1. The molecule has 4 heteroatoms. The van der Waals surface area contributed by atoms with Crippen LogP contribution in [0.5, 0.6) is 5.75 Å². The van der Waals surface area contributed by atoms with Crippen LogP contribution < -0.4 is 10.5 Å². The first-order valence-corrected chi connectivity index (χ1v) is 5.84. The smallest absolute Gasteiger partial charge is 0.248 e. The molecule has 0 radical (unpaired) electrons. The zero-order chi connectivity index (χ0) is 13.8. The largest absolute Gasteiger partial charge is 0.489 e. The number of hydrogen-bond acceptors (Lipinski definition) is 2. The molecule has 0 aliphatic carbocycles. The first kappa shape index (κ1) is 13.1. The lowest BCUT2D eigenvalue weighted by atomic mass is 10.1. The van der Waals surface area contributed by atoms with Crippen molar-refractivity contribution in [2.45, 2.75) is 13.5 Å². The van der Waals surface area contributed by atoms with E-state index in [4.69, 9.17) is 10.5 Å². The number of halogens is 1. The van der Waals surface area contributed by atoms with Gasteiger partial charge in [-0.05, 0) is 36.8 Å². The van der Waals surface area contributed by atoms with Crippen molar-refractivity contribution in [1.29, 1.82) is 0 Å². The molecule has 0 bridgehead atoms. The lowest BCUT2D eigenvalue weighted by Crippen LogP contribution is -2.11. The zero-order valence-electron chi connectivity index (χ0n) is 10.5. The normalized spacial score (nSPS) is 10.2. The van der Waals surface area contributed by atoms with Gasteiger partial charge in [-0.3, -0.25) is 4.79 Å². The molecule has 19 heavy (non-hydrogen) atoms. The van der Waals surface area contributed by atoms with Crippen LogP contribution in [0.1, 0.15) is 21.5 Å². The van der Waals surface area contributed by atoms with Gasteiger partial charge in [-0.15, -0.1) is 0 Å². The highest BCUT2D eigenvalue weighted by Crippen LogP contribution is 2.16. The second-order valence-electron chi connectivity index (χ2n) is 4.28. The van der Waals surface area contributed by atoms with Crippen molar-refractivity contribution < 1.29 is 13.9 Å². The van der Waals surface area contributed by atoms with E-state index in [0.717, 1.165) is 11.6 Å². The molecule has 0 aliphatic rings. The maximum absolute atomic E-state index is 13.7. The Morgan fingerprint density at radius 1 is 1.26 bits per heavy atom. The first-order chi connectivity index (χ1) is 9.06. The van der Waals surface area contributed by atoms with Gasteiger partial charge >= 0.3 is 0 Å². The summed E-state index contributed by atoms with van der Waals surface area (Å²) in [5.41, 5.74) is 6.68. The minimum Gasteiger partial charge on any atom is -0.489 e. The fourth-order valence-corrected chi connectivity index (χ4v) is 1.68. The lowest BCUT2D eigenvalue weighted by molar-refractivity contribution is 0.0999. The zero-order valence-corrected chi connectivity index (χ0v) is 10.5. The molecule has 0 aliphatic heterocycles. The molecule has 0 saturated heterocycles. The van der Waals surface area contributed by atoms with Crippen molar-refractivity contribution in [1.82, 2.24) is 0 Å². The summed E-state index contributed by atoms with van der Waals surface area (Å²) in [6, 6.07) is 11.6. The Kier molecular flexibility index (Phi) is 3.80. The molecule has 2 aromatic rings. The van der Waals surface area contributed by atoms with E-state index in [1.165, 1.54) is 12.1 Å². The number of carbonyl (C=O) groups is 1. The SMILES string of the molecule is Cc1cccc(OCc2ccc(C(N)=O)cc2F)c1. The molecule has 3 nitrogen and oxygen atoms in total. The Hall–Kier alpha value is -2.36. The first-order valence-electron chi connectivity index (χ1n) is 5.84. The Bertz CT molecular complexity index is 611. The molecule has 1 amide bonds. The number of hydrogen-bond donors (Lipinski definition) is 1. The summed E-state index contributed by atoms with van der Waals surface area (Å²) >= 11 is 0. The van der Waals surface area contributed by atoms with E-state index >= 15 is 0 Å². The molecule has 0 spiro atoms. The van der Waals surface area contributed by atoms with E-state index in [-0.39, 0.29) is 12.2 Å². The minimum absolute atomic E-state index is 0.105. The minimum atomic E-state index is -0.648. The number of ether oxygens (including phenoxy) is 1. The standard InChI is InChI=1S/C15H14FNO2/c1-10-3-2-4-13(7-10)19-9-12-6-5-11(15(17)18)8-14(12)16/h2-8H,9H2,1H3,(H2,17,18). The molecule has 0 aromatic heterocycles. The highest BCUT2D eigenvalue weighted by molar-refractivity contribution is 5.92. The highest BCUT2D eigenvalue weighted by Gasteiger charge is 2.07. The van der Waals surface area contributed by atoms with E-state index in [1.54, 1.807) is 0 Å². The van der Waals surface area contributed by atoms with Gasteiger partial charge in [0, 0.05) is 11.1 Å². The van der Waals surface area contributed by atoms with Gasteiger partial charge < -0.3 is 10.5 Å². The molecule has 2 N–H and O–H groups in total. The number of carbonyl (C=O) groups excluding carboxylic acids is 1. The third-order valence-corrected chi connectivity index (χ3v) is 2.72. The summed E-state index contributed by atoms with van der Waals surface area (Å²) in [6.45, 7) is 2.06. The second kappa shape index (κ2) is 5.52. The Morgan fingerprint density at radius 3 is 2.68 bits per heavy atom. The molecule has 2 rings (SSSR count). The van der Waals surface area contributed by atoms with E-state index < -0.39 is 11.7 Å². The van der Waals surface area contributed by atoms with Gasteiger partial charge in [0.15, 0.2) is 0 Å². The van der Waals surface area contributed by atoms with Crippen LogP contribution in [0.15, 0.2) is 42.5 Å². The fourth-order valence-electron chi connectivity index (χ4n) is 1.68. The molecule has 0 unspecified atom stereocenters. The average Bonchev–Trinajstić information content (AvgIpc) is 2.37. The molecular formula is C15H14FNO2. The molecule has 98 valence electrons. The average molecular weight is 259 g/mol. The highest BCUT2D eigenvalue weighted by atomic mass is 19.1. The maximum atomic E-state index is 13.7. The third kappa shape index (κ3) is 3.31. The monoisotopic (exact) mass is 259 g/mol. The summed E-state index contributed by atoms with van der Waals surface area (Å²) in [5, 5.41) is 0. The predicted molar refractivity (Wildman–Crippen MR) is 70.4 cm³/mol. The molecule has 0 atom stereocenters. The van der Waals surface area contributed by atoms with Crippen LogP contribution in [0.4, 0.5) is 4.39 Å². The van der Waals surface area contributed by atoms with E-state index in [9.17, 15) is 9.18 Å². The fraction of sp³-hybridized carbons (Fsp3) is 0.133. The maximum Gasteiger partial charge on any atom is 0.248 e. The van der Waals surface area contributed by atoms with Crippen molar-refractivity contribution in [2.75, 3.05) is 0 Å². The van der Waals surface area contributed by atoms with Crippen LogP contribution in [-0.2, 0) is 6.61 Å². The van der Waals surface area contributed by atoms with Gasteiger partial charge in [0.05, 0.1) is 0 Å². The van der Waals surface area contributed by atoms with Crippen LogP contribution in [0.25, 0.3) is 0 Å². The molecule has 0 fully saturated rings. The van der Waals surface area contributed by atoms with E-state index in [1.807, 2.05) is 31.2 Å². The summed E-state index contributed by atoms with van der Waals surface area (Å²) < 4.78 is 19.2. The number of amides is 1. The summed E-state index contributed by atoms with van der Waals surface area (Å²) in [6.07, 6.45) is 0. The van der Waals surface area contributed by atoms with Crippen molar-refractivity contribution in [2.24, 2.45) is 5.73 Å². The van der Waals surface area contributed by atoms with Crippen LogP contribution in [0, 0.1) is 12.7 Å². The van der Waals surface area contributed by atoms with Gasteiger partial charge in [-0.25, -0.2) is 4.39 Å². The second-order valence-corrected chi connectivity index (χ2v) is 4.28. The number of aryl methyl sites for hydroxylation is 1. The molecular weight excluding hydrogens is 245 g/mol. The van der Waals surface area contributed by atoms with Gasteiger partial charge in [0.2, 0.25) is 5.91 Å². The van der Waals surface area contributed by atoms with Crippen LogP contribution in [-0.4, -0.2) is 5.91 Å². The van der Waals surface area contributed by atoms with E-state index in [2.05, 4.69) is 0 Å².